The number of rotatable bonds is 12. The van der Waals surface area contributed by atoms with Crippen molar-refractivity contribution in [2.75, 3.05) is 24.2 Å². The van der Waals surface area contributed by atoms with E-state index in [0.29, 0.717) is 5.75 Å². The van der Waals surface area contributed by atoms with Crippen LogP contribution in [-0.2, 0) is 26.2 Å². The Hall–Kier alpha value is -3.14. The molecule has 0 aromatic heterocycles. The molecule has 1 N–H and O–H groups in total. The van der Waals surface area contributed by atoms with Crippen LogP contribution >= 0.6 is 0 Å². The molecule has 1 fully saturated rings. The molecule has 10 heteroatoms. The topological polar surface area (TPSA) is 96.0 Å². The molecular weight excluding hydrogens is 509 g/mol. The first-order chi connectivity index (χ1) is 18.1. The van der Waals surface area contributed by atoms with E-state index < -0.39 is 21.9 Å². The summed E-state index contributed by atoms with van der Waals surface area (Å²) in [6.07, 6.45) is 6.36. The van der Waals surface area contributed by atoms with Gasteiger partial charge in [-0.25, -0.2) is 12.8 Å². The average Bonchev–Trinajstić information content (AvgIpc) is 2.90. The number of anilines is 1. The van der Waals surface area contributed by atoms with Crippen LogP contribution in [-0.4, -0.2) is 57.1 Å². The molecule has 1 unspecified atom stereocenters. The van der Waals surface area contributed by atoms with E-state index in [0.717, 1.165) is 41.8 Å². The zero-order valence-corrected chi connectivity index (χ0v) is 23.2. The van der Waals surface area contributed by atoms with Crippen LogP contribution in [0.1, 0.15) is 57.4 Å². The Morgan fingerprint density at radius 1 is 1.08 bits per heavy atom. The zero-order valence-electron chi connectivity index (χ0n) is 22.4. The summed E-state index contributed by atoms with van der Waals surface area (Å²) in [6, 6.07) is 12.3. The maximum absolute atomic E-state index is 14.3. The van der Waals surface area contributed by atoms with Crippen molar-refractivity contribution in [1.29, 1.82) is 0 Å². The van der Waals surface area contributed by atoms with Crippen molar-refractivity contribution >= 4 is 27.5 Å². The first-order valence-corrected chi connectivity index (χ1v) is 14.9. The van der Waals surface area contributed by atoms with Crippen molar-refractivity contribution in [3.63, 3.8) is 0 Å². The van der Waals surface area contributed by atoms with Crippen LogP contribution in [0.4, 0.5) is 10.1 Å². The second kappa shape index (κ2) is 13.6. The average molecular weight is 548 g/mol. The number of benzene rings is 2. The largest absolute Gasteiger partial charge is 0.497 e. The standard InChI is InChI=1S/C28H38FN3O5S/c1-21(28(34)30-23-10-5-4-6-11-23)31(20-22-15-17-24(37-2)18-16-22)27(33)14-9-19-32(38(3,35)36)26-13-8-7-12-25(26)29/h7-8,12-13,15-18,21,23H,4-6,9-11,14,19-20H2,1-3H3,(H,30,34). The molecule has 1 aliphatic rings. The van der Waals surface area contributed by atoms with E-state index in [4.69, 9.17) is 4.74 Å². The van der Waals surface area contributed by atoms with Gasteiger partial charge in [-0.15, -0.1) is 0 Å². The molecule has 3 rings (SSSR count). The van der Waals surface area contributed by atoms with Crippen LogP contribution < -0.4 is 14.4 Å². The number of amides is 2. The highest BCUT2D eigenvalue weighted by Crippen LogP contribution is 2.23. The summed E-state index contributed by atoms with van der Waals surface area (Å²) in [5.74, 6) is -0.459. The molecule has 38 heavy (non-hydrogen) atoms. The van der Waals surface area contributed by atoms with Crippen molar-refractivity contribution in [2.45, 2.75) is 70.5 Å². The second-order valence-corrected chi connectivity index (χ2v) is 11.7. The number of methoxy groups -OCH3 is 1. The maximum Gasteiger partial charge on any atom is 0.242 e. The van der Waals surface area contributed by atoms with Crippen LogP contribution in [0.3, 0.4) is 0 Å². The molecular formula is C28H38FN3O5S. The highest BCUT2D eigenvalue weighted by Gasteiger charge is 2.28. The molecule has 8 nitrogen and oxygen atoms in total. The molecule has 0 saturated heterocycles. The summed E-state index contributed by atoms with van der Waals surface area (Å²) >= 11 is 0. The number of hydrogen-bond donors (Lipinski definition) is 1. The molecule has 1 atom stereocenters. The number of hydrogen-bond acceptors (Lipinski definition) is 5. The minimum atomic E-state index is -3.77. The molecule has 0 heterocycles. The highest BCUT2D eigenvalue weighted by atomic mass is 32.2. The van der Waals surface area contributed by atoms with E-state index in [1.54, 1.807) is 32.2 Å². The number of sulfonamides is 1. The van der Waals surface area contributed by atoms with Crippen LogP contribution in [0, 0.1) is 5.82 Å². The maximum atomic E-state index is 14.3. The number of halogens is 1. The molecule has 0 bridgehead atoms. The Kier molecular flexibility index (Phi) is 10.5. The summed E-state index contributed by atoms with van der Waals surface area (Å²) < 4.78 is 45.3. The lowest BCUT2D eigenvalue weighted by Crippen LogP contribution is -2.50. The van der Waals surface area contributed by atoms with Crippen molar-refractivity contribution in [3.05, 3.63) is 59.9 Å². The SMILES string of the molecule is COc1ccc(CN(C(=O)CCCN(c2ccccc2F)S(C)(=O)=O)C(C)C(=O)NC2CCCCC2)cc1. The third-order valence-corrected chi connectivity index (χ3v) is 8.08. The summed E-state index contributed by atoms with van der Waals surface area (Å²) in [5, 5.41) is 3.10. The highest BCUT2D eigenvalue weighted by molar-refractivity contribution is 7.92. The van der Waals surface area contributed by atoms with Gasteiger partial charge in [0.1, 0.15) is 17.6 Å². The Labute approximate surface area is 225 Å². The van der Waals surface area contributed by atoms with Crippen molar-refractivity contribution in [1.82, 2.24) is 10.2 Å². The number of nitrogens with zero attached hydrogens (tertiary/aromatic N) is 2. The minimum absolute atomic E-state index is 0.00231. The second-order valence-electron chi connectivity index (χ2n) is 9.78. The molecule has 2 aromatic carbocycles. The quantitative estimate of drug-likeness (QED) is 0.429. The first kappa shape index (κ1) is 29.4. The van der Waals surface area contributed by atoms with Gasteiger partial charge in [0.05, 0.1) is 19.1 Å². The van der Waals surface area contributed by atoms with Gasteiger partial charge in [-0.3, -0.25) is 13.9 Å². The molecule has 2 amide bonds. The normalized spacial score (nSPS) is 14.9. The van der Waals surface area contributed by atoms with E-state index in [1.165, 1.54) is 29.5 Å². The van der Waals surface area contributed by atoms with E-state index in [1.807, 2.05) is 12.1 Å². The molecule has 0 aliphatic heterocycles. The van der Waals surface area contributed by atoms with Crippen LogP contribution in [0.25, 0.3) is 0 Å². The van der Waals surface area contributed by atoms with E-state index in [9.17, 15) is 22.4 Å². The number of carbonyl (C=O) groups excluding carboxylic acids is 2. The molecule has 1 aliphatic carbocycles. The molecule has 0 radical (unpaired) electrons. The Balaban J connectivity index is 1.72. The molecule has 208 valence electrons. The fraction of sp³-hybridized carbons (Fsp3) is 0.500. The van der Waals surface area contributed by atoms with Gasteiger partial charge in [0.15, 0.2) is 0 Å². The minimum Gasteiger partial charge on any atom is -0.497 e. The first-order valence-electron chi connectivity index (χ1n) is 13.0. The summed E-state index contributed by atoms with van der Waals surface area (Å²) in [6.45, 7) is 1.86. The molecule has 1 saturated carbocycles. The zero-order chi connectivity index (χ0) is 27.7. The predicted octanol–water partition coefficient (Wildman–Crippen LogP) is 4.25. The Morgan fingerprint density at radius 3 is 2.34 bits per heavy atom. The van der Waals surface area contributed by atoms with Crippen molar-refractivity contribution < 1.29 is 27.1 Å². The fourth-order valence-electron chi connectivity index (χ4n) is 4.72. The monoisotopic (exact) mass is 547 g/mol. The Bertz CT molecular complexity index is 1180. The van der Waals surface area contributed by atoms with Crippen molar-refractivity contribution in [2.24, 2.45) is 0 Å². The van der Waals surface area contributed by atoms with Gasteiger partial charge in [0.2, 0.25) is 21.8 Å². The number of para-hydroxylation sites is 1. The van der Waals surface area contributed by atoms with E-state index in [-0.39, 0.29) is 49.5 Å². The number of carbonyl (C=O) groups is 2. The van der Waals surface area contributed by atoms with E-state index in [2.05, 4.69) is 5.32 Å². The molecule has 2 aromatic rings. The number of ether oxygens (including phenoxy) is 1. The smallest absolute Gasteiger partial charge is 0.242 e. The summed E-state index contributed by atoms with van der Waals surface area (Å²) in [4.78, 5) is 28.1. The van der Waals surface area contributed by atoms with Gasteiger partial charge >= 0.3 is 0 Å². The van der Waals surface area contributed by atoms with Crippen LogP contribution in [0.15, 0.2) is 48.5 Å². The molecule has 0 spiro atoms. The van der Waals surface area contributed by atoms with Crippen LogP contribution in [0.2, 0.25) is 0 Å². The van der Waals surface area contributed by atoms with Crippen LogP contribution in [0.5, 0.6) is 5.75 Å². The lowest BCUT2D eigenvalue weighted by molar-refractivity contribution is -0.141. The van der Waals surface area contributed by atoms with Crippen molar-refractivity contribution in [3.8, 4) is 5.75 Å². The van der Waals surface area contributed by atoms with Gasteiger partial charge < -0.3 is 15.0 Å². The van der Waals surface area contributed by atoms with E-state index >= 15 is 0 Å². The van der Waals surface area contributed by atoms with Gasteiger partial charge in [-0.05, 0) is 56.0 Å². The van der Waals surface area contributed by atoms with Gasteiger partial charge in [0, 0.05) is 25.6 Å². The predicted molar refractivity (Wildman–Crippen MR) is 146 cm³/mol. The number of nitrogens with one attached hydrogen (secondary N) is 1. The third-order valence-electron chi connectivity index (χ3n) is 6.90. The Morgan fingerprint density at radius 2 is 1.74 bits per heavy atom. The van der Waals surface area contributed by atoms with Gasteiger partial charge in [-0.2, -0.15) is 0 Å². The lowest BCUT2D eigenvalue weighted by Gasteiger charge is -2.31. The fourth-order valence-corrected chi connectivity index (χ4v) is 5.68. The lowest BCUT2D eigenvalue weighted by atomic mass is 9.95. The third kappa shape index (κ3) is 8.18. The summed E-state index contributed by atoms with van der Waals surface area (Å²) in [5.41, 5.74) is 0.776. The van der Waals surface area contributed by atoms with Gasteiger partial charge in [0.25, 0.3) is 0 Å². The summed E-state index contributed by atoms with van der Waals surface area (Å²) in [7, 11) is -2.19. The van der Waals surface area contributed by atoms with Gasteiger partial charge in [-0.1, -0.05) is 43.5 Å².